The fraction of sp³-hybridized carbons (Fsp3) is 0.667. The number of aromatic nitrogens is 2. The van der Waals surface area contributed by atoms with Gasteiger partial charge in [0, 0.05) is 11.5 Å². The highest BCUT2D eigenvalue weighted by Crippen LogP contribution is 2.15. The Morgan fingerprint density at radius 1 is 1.75 bits per heavy atom. The quantitative estimate of drug-likeness (QED) is 0.713. The Balaban J connectivity index is 1.94. The fourth-order valence-electron chi connectivity index (χ4n) is 0.907. The first-order chi connectivity index (χ1) is 5.84. The molecule has 0 bridgehead atoms. The molecule has 0 aromatic carbocycles. The SMILES string of the molecule is Cc1nsc(OC2CNOC2)n1. The number of hydrogen-bond donors (Lipinski definition) is 1. The Labute approximate surface area is 73.8 Å². The first kappa shape index (κ1) is 7.90. The van der Waals surface area contributed by atoms with Gasteiger partial charge >= 0.3 is 0 Å². The predicted octanol–water partition coefficient (Wildman–Crippen LogP) is 0.129. The molecule has 1 aromatic heterocycles. The molecule has 0 spiro atoms. The van der Waals surface area contributed by atoms with Crippen LogP contribution in [0.25, 0.3) is 0 Å². The lowest BCUT2D eigenvalue weighted by Crippen LogP contribution is -2.21. The van der Waals surface area contributed by atoms with E-state index in [-0.39, 0.29) is 6.10 Å². The summed E-state index contributed by atoms with van der Waals surface area (Å²) in [6, 6.07) is 0. The zero-order valence-corrected chi connectivity index (χ0v) is 7.43. The zero-order chi connectivity index (χ0) is 8.39. The van der Waals surface area contributed by atoms with E-state index in [0.717, 1.165) is 5.82 Å². The molecule has 0 radical (unpaired) electrons. The maximum atomic E-state index is 5.45. The van der Waals surface area contributed by atoms with Crippen LogP contribution in [0.3, 0.4) is 0 Å². The van der Waals surface area contributed by atoms with Crippen molar-refractivity contribution >= 4 is 11.5 Å². The van der Waals surface area contributed by atoms with Gasteiger partial charge < -0.3 is 4.74 Å². The Morgan fingerprint density at radius 3 is 3.25 bits per heavy atom. The number of nitrogens with one attached hydrogen (secondary N) is 1. The molecule has 1 fully saturated rings. The van der Waals surface area contributed by atoms with Crippen LogP contribution in [0, 0.1) is 6.92 Å². The third-order valence-corrected chi connectivity index (χ3v) is 2.16. The molecule has 1 N–H and O–H groups in total. The van der Waals surface area contributed by atoms with Gasteiger partial charge in [-0.25, -0.2) is 0 Å². The van der Waals surface area contributed by atoms with Gasteiger partial charge in [-0.2, -0.15) is 14.8 Å². The Hall–Kier alpha value is -0.720. The average molecular weight is 187 g/mol. The van der Waals surface area contributed by atoms with Gasteiger partial charge in [0.1, 0.15) is 18.5 Å². The van der Waals surface area contributed by atoms with E-state index in [2.05, 4.69) is 14.8 Å². The van der Waals surface area contributed by atoms with Crippen molar-refractivity contribution in [1.82, 2.24) is 14.8 Å². The van der Waals surface area contributed by atoms with Crippen LogP contribution >= 0.6 is 11.5 Å². The van der Waals surface area contributed by atoms with E-state index in [1.165, 1.54) is 11.5 Å². The van der Waals surface area contributed by atoms with E-state index in [1.54, 1.807) is 0 Å². The van der Waals surface area contributed by atoms with Crippen LogP contribution in [0.5, 0.6) is 5.19 Å². The number of rotatable bonds is 2. The van der Waals surface area contributed by atoms with E-state index < -0.39 is 0 Å². The molecular formula is C6H9N3O2S. The van der Waals surface area contributed by atoms with Crippen molar-refractivity contribution in [3.63, 3.8) is 0 Å². The maximum Gasteiger partial charge on any atom is 0.293 e. The van der Waals surface area contributed by atoms with Crippen molar-refractivity contribution in [2.24, 2.45) is 0 Å². The molecule has 1 atom stereocenters. The minimum atomic E-state index is 0.0670. The Kier molecular flexibility index (Phi) is 2.20. The smallest absolute Gasteiger partial charge is 0.293 e. The second kappa shape index (κ2) is 3.34. The number of ether oxygens (including phenoxy) is 1. The highest BCUT2D eigenvalue weighted by atomic mass is 32.1. The molecule has 66 valence electrons. The van der Waals surface area contributed by atoms with Crippen LogP contribution in [0.2, 0.25) is 0 Å². The minimum Gasteiger partial charge on any atom is -0.462 e. The summed E-state index contributed by atoms with van der Waals surface area (Å²) in [6.07, 6.45) is 0.0670. The second-order valence-corrected chi connectivity index (χ2v) is 3.22. The van der Waals surface area contributed by atoms with E-state index in [1.807, 2.05) is 6.92 Å². The maximum absolute atomic E-state index is 5.45. The lowest BCUT2D eigenvalue weighted by Gasteiger charge is -2.05. The van der Waals surface area contributed by atoms with Crippen molar-refractivity contribution in [3.05, 3.63) is 5.82 Å². The largest absolute Gasteiger partial charge is 0.462 e. The van der Waals surface area contributed by atoms with Crippen molar-refractivity contribution in [2.75, 3.05) is 13.2 Å². The summed E-state index contributed by atoms with van der Waals surface area (Å²) < 4.78 is 9.46. The minimum absolute atomic E-state index is 0.0670. The number of hydroxylamine groups is 1. The number of aryl methyl sites for hydroxylation is 1. The standard InChI is InChI=1S/C6H9N3O2S/c1-4-8-6(12-9-4)11-5-2-7-10-3-5/h5,7H,2-3H2,1H3. The van der Waals surface area contributed by atoms with Gasteiger partial charge in [-0.05, 0) is 6.92 Å². The van der Waals surface area contributed by atoms with Crippen LogP contribution < -0.4 is 10.2 Å². The van der Waals surface area contributed by atoms with Gasteiger partial charge in [0.05, 0.1) is 6.54 Å². The van der Waals surface area contributed by atoms with Gasteiger partial charge in [0.2, 0.25) is 0 Å². The van der Waals surface area contributed by atoms with Crippen molar-refractivity contribution in [1.29, 1.82) is 0 Å². The summed E-state index contributed by atoms with van der Waals surface area (Å²) in [6.45, 7) is 3.12. The van der Waals surface area contributed by atoms with Crippen molar-refractivity contribution < 1.29 is 9.57 Å². The Morgan fingerprint density at radius 2 is 2.67 bits per heavy atom. The van der Waals surface area contributed by atoms with E-state index >= 15 is 0 Å². The van der Waals surface area contributed by atoms with E-state index in [0.29, 0.717) is 18.3 Å². The molecule has 1 unspecified atom stereocenters. The number of hydrogen-bond acceptors (Lipinski definition) is 6. The molecule has 1 saturated heterocycles. The van der Waals surface area contributed by atoms with E-state index in [9.17, 15) is 0 Å². The molecule has 5 nitrogen and oxygen atoms in total. The lowest BCUT2D eigenvalue weighted by molar-refractivity contribution is 0.0842. The van der Waals surface area contributed by atoms with Crippen molar-refractivity contribution in [3.8, 4) is 5.19 Å². The Bertz CT molecular complexity index is 259. The van der Waals surface area contributed by atoms with Gasteiger partial charge in [-0.3, -0.25) is 4.84 Å². The summed E-state index contributed by atoms with van der Waals surface area (Å²) in [5, 5.41) is 0.616. The van der Waals surface area contributed by atoms with Crippen LogP contribution in [0.1, 0.15) is 5.82 Å². The first-order valence-corrected chi connectivity index (χ1v) is 4.43. The zero-order valence-electron chi connectivity index (χ0n) is 6.61. The molecule has 2 heterocycles. The summed E-state index contributed by atoms with van der Waals surface area (Å²) in [5.74, 6) is 0.752. The second-order valence-electron chi connectivity index (χ2n) is 2.51. The normalized spacial score (nSPS) is 22.9. The molecule has 6 heteroatoms. The van der Waals surface area contributed by atoms with Crippen molar-refractivity contribution in [2.45, 2.75) is 13.0 Å². The fourth-order valence-corrected chi connectivity index (χ4v) is 1.51. The molecule has 1 aliphatic rings. The molecule has 0 saturated carbocycles. The molecule has 1 aliphatic heterocycles. The molecule has 0 amide bonds. The number of nitrogens with zero attached hydrogens (tertiary/aromatic N) is 2. The van der Waals surface area contributed by atoms with Crippen LogP contribution in [0.15, 0.2) is 0 Å². The molecule has 0 aliphatic carbocycles. The monoisotopic (exact) mass is 187 g/mol. The van der Waals surface area contributed by atoms with Crippen LogP contribution in [-0.2, 0) is 4.84 Å². The van der Waals surface area contributed by atoms with Gasteiger partial charge in [0.15, 0.2) is 0 Å². The van der Waals surface area contributed by atoms with Crippen LogP contribution in [0.4, 0.5) is 0 Å². The summed E-state index contributed by atoms with van der Waals surface area (Å²) >= 11 is 1.27. The predicted molar refractivity (Wildman–Crippen MR) is 43.0 cm³/mol. The average Bonchev–Trinajstić information content (AvgIpc) is 2.63. The lowest BCUT2D eigenvalue weighted by atomic mass is 10.4. The molecule has 12 heavy (non-hydrogen) atoms. The third-order valence-electron chi connectivity index (χ3n) is 1.46. The highest BCUT2D eigenvalue weighted by molar-refractivity contribution is 7.07. The topological polar surface area (TPSA) is 56.3 Å². The van der Waals surface area contributed by atoms with Gasteiger partial charge in [0.25, 0.3) is 5.19 Å². The van der Waals surface area contributed by atoms with Gasteiger partial charge in [-0.15, -0.1) is 0 Å². The third kappa shape index (κ3) is 1.71. The first-order valence-electron chi connectivity index (χ1n) is 3.66. The molecular weight excluding hydrogens is 178 g/mol. The van der Waals surface area contributed by atoms with E-state index in [4.69, 9.17) is 9.57 Å². The summed E-state index contributed by atoms with van der Waals surface area (Å²) in [5.41, 5.74) is 2.73. The molecule has 2 rings (SSSR count). The highest BCUT2D eigenvalue weighted by Gasteiger charge is 2.18. The summed E-state index contributed by atoms with van der Waals surface area (Å²) in [4.78, 5) is 8.99. The van der Waals surface area contributed by atoms with Gasteiger partial charge in [-0.1, -0.05) is 0 Å². The molecule has 1 aromatic rings. The van der Waals surface area contributed by atoms with Crippen LogP contribution in [-0.4, -0.2) is 28.6 Å². The summed E-state index contributed by atoms with van der Waals surface area (Å²) in [7, 11) is 0.